The molecule has 4 aliphatic rings. The zero-order valence-electron chi connectivity index (χ0n) is 34.3. The van der Waals surface area contributed by atoms with Gasteiger partial charge >= 0.3 is 0 Å². The number of fused-ring (bicyclic) bond motifs is 3. The molecule has 0 radical (unpaired) electrons. The van der Waals surface area contributed by atoms with E-state index < -0.39 is 17.7 Å². The van der Waals surface area contributed by atoms with E-state index in [4.69, 9.17) is 28.5 Å². The summed E-state index contributed by atoms with van der Waals surface area (Å²) in [7, 11) is 3.32. The molecule has 60 heavy (non-hydrogen) atoms. The van der Waals surface area contributed by atoms with Crippen LogP contribution in [0.1, 0.15) is 66.8 Å². The predicted molar refractivity (Wildman–Crippen MR) is 229 cm³/mol. The summed E-state index contributed by atoms with van der Waals surface area (Å²) >= 11 is 0. The molecule has 6 unspecified atom stereocenters. The number of hydrogen-bond acceptors (Lipinski definition) is 10. The SMILES string of the molecule is C=CCOC12Oc3ccc(Oc4ccc(-c5ccccc5)cc4)cc3C3C(CCCCO)C(CCCCO)C=C(C(=NOC)CC1N(C)C(=O)c1ccc4c(c1)OCO4)C32. The number of ether oxygens (including phenoxy) is 5. The molecule has 2 aliphatic heterocycles. The maximum Gasteiger partial charge on any atom is 0.254 e. The second-order valence-electron chi connectivity index (χ2n) is 15.9. The van der Waals surface area contributed by atoms with Crippen molar-refractivity contribution < 1.29 is 43.5 Å². The molecule has 11 heteroatoms. The third kappa shape index (κ3) is 8.01. The minimum absolute atomic E-state index is 0.0798. The molecule has 4 aromatic carbocycles. The van der Waals surface area contributed by atoms with Crippen LogP contribution in [-0.2, 0) is 9.57 Å². The fourth-order valence-corrected chi connectivity index (χ4v) is 9.76. The molecule has 0 saturated heterocycles. The van der Waals surface area contributed by atoms with Gasteiger partial charge in [-0.05, 0) is 103 Å². The van der Waals surface area contributed by atoms with E-state index in [0.717, 1.165) is 53.7 Å². The minimum atomic E-state index is -1.37. The number of carbonyl (C=O) groups excluding carboxylic acids is 1. The van der Waals surface area contributed by atoms with Gasteiger partial charge in [-0.25, -0.2) is 0 Å². The third-order valence-corrected chi connectivity index (χ3v) is 12.5. The number of rotatable bonds is 17. The minimum Gasteiger partial charge on any atom is -0.459 e. The largest absolute Gasteiger partial charge is 0.459 e. The van der Waals surface area contributed by atoms with Crippen LogP contribution in [0.4, 0.5) is 0 Å². The van der Waals surface area contributed by atoms with Crippen LogP contribution < -0.4 is 18.9 Å². The zero-order chi connectivity index (χ0) is 41.6. The Balaban J connectivity index is 1.25. The van der Waals surface area contributed by atoms with Crippen LogP contribution in [0.3, 0.4) is 0 Å². The summed E-state index contributed by atoms with van der Waals surface area (Å²) in [5.41, 5.74) is 5.33. The molecule has 1 amide bonds. The third-order valence-electron chi connectivity index (χ3n) is 12.5. The molecule has 4 aromatic rings. The van der Waals surface area contributed by atoms with Crippen molar-refractivity contribution in [2.24, 2.45) is 22.9 Å². The van der Waals surface area contributed by atoms with E-state index in [9.17, 15) is 15.0 Å². The summed E-state index contributed by atoms with van der Waals surface area (Å²) in [6.07, 6.45) is 9.02. The number of amides is 1. The number of unbranched alkanes of at least 4 members (excludes halogenated alkanes) is 2. The number of likely N-dealkylation sites (N-methyl/N-ethyl adjacent to an activating group) is 1. The van der Waals surface area contributed by atoms with Gasteiger partial charge in [0, 0.05) is 43.7 Å². The highest BCUT2D eigenvalue weighted by Gasteiger charge is 2.65. The number of hydrogen-bond donors (Lipinski definition) is 2. The molecule has 0 bridgehead atoms. The predicted octanol–water partition coefficient (Wildman–Crippen LogP) is 8.91. The first-order valence-electron chi connectivity index (χ1n) is 21.0. The average Bonchev–Trinajstić information content (AvgIpc) is 3.76. The highest BCUT2D eigenvalue weighted by Crippen LogP contribution is 2.62. The van der Waals surface area contributed by atoms with Gasteiger partial charge in [-0.3, -0.25) is 4.79 Å². The standard InChI is InChI=1S/C49H54N2O9/c1-4-26-58-49-45(51(2)48(54)35-18-22-43-44(28-35)57-31-56-43)30-41(50-55-3)39-27-34(14-8-10-24-52)38(15-9-11-25-53)46(47(39)49)40-29-37(21-23-42(40)60-49)59-36-19-16-33(17-20-36)32-12-6-5-7-13-32/h4-7,12-13,16-23,27-29,34,38,45-47,52-53H,1,8-11,14-15,24-26,30-31H2,2-3H3. The molecule has 2 heterocycles. The van der Waals surface area contributed by atoms with Crippen LogP contribution in [0.25, 0.3) is 11.1 Å². The Morgan fingerprint density at radius 1 is 0.883 bits per heavy atom. The summed E-state index contributed by atoms with van der Waals surface area (Å²) in [5, 5.41) is 24.4. The van der Waals surface area contributed by atoms with Gasteiger partial charge in [0.25, 0.3) is 5.91 Å². The molecule has 0 aromatic heterocycles. The molecule has 1 fully saturated rings. The second-order valence-corrected chi connectivity index (χ2v) is 15.9. The number of nitrogens with zero attached hydrogens (tertiary/aromatic N) is 2. The van der Waals surface area contributed by atoms with E-state index in [0.29, 0.717) is 53.6 Å². The molecule has 11 nitrogen and oxygen atoms in total. The monoisotopic (exact) mass is 814 g/mol. The van der Waals surface area contributed by atoms with Crippen molar-refractivity contribution >= 4 is 11.6 Å². The summed E-state index contributed by atoms with van der Waals surface area (Å²) in [5.74, 6) is 1.09. The topological polar surface area (TPSA) is 129 Å². The first-order chi connectivity index (χ1) is 29.4. The Labute approximate surface area is 351 Å². The van der Waals surface area contributed by atoms with Gasteiger partial charge in [0.15, 0.2) is 11.5 Å². The summed E-state index contributed by atoms with van der Waals surface area (Å²) in [4.78, 5) is 21.9. The fourth-order valence-electron chi connectivity index (χ4n) is 9.76. The number of benzene rings is 4. The van der Waals surface area contributed by atoms with Crippen molar-refractivity contribution in [1.82, 2.24) is 4.90 Å². The maximum absolute atomic E-state index is 14.6. The Morgan fingerprint density at radius 2 is 1.60 bits per heavy atom. The molecule has 8 rings (SSSR count). The van der Waals surface area contributed by atoms with Gasteiger partial charge in [0.05, 0.1) is 18.2 Å². The van der Waals surface area contributed by atoms with Crippen LogP contribution in [-0.4, -0.2) is 79.3 Å². The molecular weight excluding hydrogens is 761 g/mol. The molecule has 2 aliphatic carbocycles. The molecule has 1 saturated carbocycles. The summed E-state index contributed by atoms with van der Waals surface area (Å²) < 4.78 is 32.0. The van der Waals surface area contributed by atoms with E-state index in [1.807, 2.05) is 42.5 Å². The Kier molecular flexibility index (Phi) is 12.6. The van der Waals surface area contributed by atoms with E-state index >= 15 is 0 Å². The van der Waals surface area contributed by atoms with Crippen molar-refractivity contribution in [1.29, 1.82) is 0 Å². The highest BCUT2D eigenvalue weighted by atomic mass is 16.7. The zero-order valence-corrected chi connectivity index (χ0v) is 34.3. The number of oxime groups is 1. The van der Waals surface area contributed by atoms with Gasteiger partial charge in [0.2, 0.25) is 12.6 Å². The van der Waals surface area contributed by atoms with Gasteiger partial charge in [-0.2, -0.15) is 0 Å². The molecule has 6 atom stereocenters. The summed E-state index contributed by atoms with van der Waals surface area (Å²) in [6.45, 7) is 4.50. The van der Waals surface area contributed by atoms with Crippen LogP contribution in [0.2, 0.25) is 0 Å². The lowest BCUT2D eigenvalue weighted by molar-refractivity contribution is -0.252. The Hall–Kier alpha value is -5.62. The first kappa shape index (κ1) is 41.1. The quantitative estimate of drug-likeness (QED) is 0.0610. The van der Waals surface area contributed by atoms with E-state index in [1.54, 1.807) is 43.3 Å². The lowest BCUT2D eigenvalue weighted by Crippen LogP contribution is -2.69. The van der Waals surface area contributed by atoms with E-state index in [1.165, 1.54) is 0 Å². The van der Waals surface area contributed by atoms with Crippen LogP contribution in [0, 0.1) is 17.8 Å². The van der Waals surface area contributed by atoms with Crippen molar-refractivity contribution in [3.8, 4) is 39.9 Å². The number of aliphatic hydroxyl groups is 2. The fraction of sp³-hybridized carbons (Fsp3) is 0.388. The lowest BCUT2D eigenvalue weighted by Gasteiger charge is -2.59. The number of aliphatic hydroxyl groups excluding tert-OH is 2. The van der Waals surface area contributed by atoms with Gasteiger partial charge in [-0.15, -0.1) is 6.58 Å². The second kappa shape index (κ2) is 18.3. The smallest absolute Gasteiger partial charge is 0.254 e. The van der Waals surface area contributed by atoms with E-state index in [-0.39, 0.29) is 50.3 Å². The lowest BCUT2D eigenvalue weighted by atomic mass is 9.55. The van der Waals surface area contributed by atoms with Crippen molar-refractivity contribution in [2.45, 2.75) is 62.7 Å². The van der Waals surface area contributed by atoms with E-state index in [2.05, 4.69) is 48.1 Å². The van der Waals surface area contributed by atoms with Gasteiger partial charge < -0.3 is 43.6 Å². The van der Waals surface area contributed by atoms with Crippen LogP contribution >= 0.6 is 0 Å². The summed E-state index contributed by atoms with van der Waals surface area (Å²) in [6, 6.07) is 28.8. The number of carbonyl (C=O) groups is 1. The van der Waals surface area contributed by atoms with Crippen molar-refractivity contribution in [3.05, 3.63) is 126 Å². The molecule has 2 N–H and O–H groups in total. The molecular formula is C49H54N2O9. The maximum atomic E-state index is 14.6. The van der Waals surface area contributed by atoms with Gasteiger partial charge in [0.1, 0.15) is 30.4 Å². The van der Waals surface area contributed by atoms with Crippen LogP contribution in [0.15, 0.2) is 120 Å². The van der Waals surface area contributed by atoms with Crippen molar-refractivity contribution in [2.75, 3.05) is 40.8 Å². The Morgan fingerprint density at radius 3 is 2.35 bits per heavy atom. The van der Waals surface area contributed by atoms with Gasteiger partial charge in [-0.1, -0.05) is 72.6 Å². The first-order valence-corrected chi connectivity index (χ1v) is 21.0. The normalized spacial score (nSPS) is 24.1. The van der Waals surface area contributed by atoms with Crippen molar-refractivity contribution in [3.63, 3.8) is 0 Å². The molecule has 314 valence electrons. The van der Waals surface area contributed by atoms with Crippen LogP contribution in [0.5, 0.6) is 28.7 Å². The average molecular weight is 815 g/mol. The molecule has 0 spiro atoms. The Bertz CT molecular complexity index is 2210. The highest BCUT2D eigenvalue weighted by molar-refractivity contribution is 6.03. The number of allylic oxidation sites excluding steroid dienone is 1.